The van der Waals surface area contributed by atoms with Crippen molar-refractivity contribution in [3.63, 3.8) is 0 Å². The molecular formula is C24H21NOS. The van der Waals surface area contributed by atoms with Crippen LogP contribution in [0.2, 0.25) is 0 Å². The second kappa shape index (κ2) is 10.4. The first kappa shape index (κ1) is 19.0. The number of hydrogen-bond donors (Lipinski definition) is 0. The molecule has 3 rings (SSSR count). The first-order valence-corrected chi connectivity index (χ1v) is 9.80. The lowest BCUT2D eigenvalue weighted by Gasteiger charge is -2.10. The lowest BCUT2D eigenvalue weighted by Crippen LogP contribution is -1.99. The maximum atomic E-state index is 7.12. The van der Waals surface area contributed by atoms with Crippen LogP contribution in [0, 0.1) is 6.57 Å². The molecule has 0 bridgehead atoms. The molecule has 0 aliphatic heterocycles. The van der Waals surface area contributed by atoms with Crippen LogP contribution in [0.3, 0.4) is 0 Å². The minimum atomic E-state index is 0.499. The second-order valence-electron chi connectivity index (χ2n) is 5.99. The van der Waals surface area contributed by atoms with Crippen molar-refractivity contribution in [3.05, 3.63) is 114 Å². The quantitative estimate of drug-likeness (QED) is 0.326. The molecule has 0 radical (unpaired) electrons. The fourth-order valence-electron chi connectivity index (χ4n) is 2.66. The highest BCUT2D eigenvalue weighted by Crippen LogP contribution is 2.21. The van der Waals surface area contributed by atoms with Crippen LogP contribution in [0.15, 0.2) is 95.9 Å². The van der Waals surface area contributed by atoms with Gasteiger partial charge in [-0.1, -0.05) is 78.9 Å². The van der Waals surface area contributed by atoms with Crippen molar-refractivity contribution in [1.82, 2.24) is 0 Å². The molecule has 0 saturated heterocycles. The van der Waals surface area contributed by atoms with E-state index in [1.165, 1.54) is 16.0 Å². The minimum Gasteiger partial charge on any atom is -0.372 e. The third kappa shape index (κ3) is 6.14. The molecule has 2 nitrogen and oxygen atoms in total. The van der Waals surface area contributed by atoms with Crippen LogP contribution in [0.1, 0.15) is 11.1 Å². The summed E-state index contributed by atoms with van der Waals surface area (Å²) in [4.78, 5) is 4.73. The average Bonchev–Trinajstić information content (AvgIpc) is 2.74. The summed E-state index contributed by atoms with van der Waals surface area (Å²) < 4.78 is 5.96. The number of benzene rings is 3. The molecule has 3 heteroatoms. The number of ether oxygens (including phenoxy) is 1. The third-order valence-electron chi connectivity index (χ3n) is 4.03. The summed E-state index contributed by atoms with van der Waals surface area (Å²) in [6.45, 7) is 8.16. The van der Waals surface area contributed by atoms with Gasteiger partial charge in [-0.15, -0.1) is 11.8 Å². The summed E-state index contributed by atoms with van der Waals surface area (Å²) in [6.07, 6.45) is 2.24. The van der Waals surface area contributed by atoms with E-state index in [9.17, 15) is 0 Å². The Bertz CT molecular complexity index is 914. The zero-order valence-corrected chi connectivity index (χ0v) is 15.9. The van der Waals surface area contributed by atoms with E-state index in [1.54, 1.807) is 0 Å². The molecule has 0 amide bonds. The smallest absolute Gasteiger partial charge is 0.187 e. The highest BCUT2D eigenvalue weighted by atomic mass is 32.2. The first-order valence-electron chi connectivity index (χ1n) is 8.81. The van der Waals surface area contributed by atoms with Gasteiger partial charge in [-0.25, -0.2) is 4.85 Å². The Morgan fingerprint density at radius 1 is 0.926 bits per heavy atom. The van der Waals surface area contributed by atoms with Crippen LogP contribution < -0.4 is 0 Å². The van der Waals surface area contributed by atoms with Gasteiger partial charge >= 0.3 is 0 Å². The van der Waals surface area contributed by atoms with Gasteiger partial charge in [0.05, 0.1) is 19.8 Å². The Hall–Kier alpha value is -2.80. The van der Waals surface area contributed by atoms with Gasteiger partial charge in [0, 0.05) is 10.6 Å². The maximum absolute atomic E-state index is 7.12. The van der Waals surface area contributed by atoms with E-state index in [0.29, 0.717) is 18.9 Å². The topological polar surface area (TPSA) is 13.6 Å². The normalized spacial score (nSPS) is 11.1. The molecule has 134 valence electrons. The second-order valence-corrected chi connectivity index (χ2v) is 7.09. The molecular weight excluding hydrogens is 350 g/mol. The predicted octanol–water partition coefficient (Wildman–Crippen LogP) is 6.63. The fourth-order valence-corrected chi connectivity index (χ4v) is 3.49. The van der Waals surface area contributed by atoms with E-state index in [1.807, 2.05) is 60.3 Å². The van der Waals surface area contributed by atoms with Crippen molar-refractivity contribution in [2.75, 3.05) is 12.4 Å². The Morgan fingerprint density at radius 3 is 2.41 bits per heavy atom. The molecule has 27 heavy (non-hydrogen) atoms. The summed E-state index contributed by atoms with van der Waals surface area (Å²) in [5.41, 5.74) is 4.03. The van der Waals surface area contributed by atoms with Gasteiger partial charge in [-0.3, -0.25) is 0 Å². The fraction of sp³-hybridized carbons (Fsp3) is 0.125. The zero-order chi connectivity index (χ0) is 18.7. The van der Waals surface area contributed by atoms with Gasteiger partial charge in [-0.05, 0) is 28.8 Å². The minimum absolute atomic E-state index is 0.499. The first-order chi connectivity index (χ1) is 13.3. The third-order valence-corrected chi connectivity index (χ3v) is 4.97. The van der Waals surface area contributed by atoms with E-state index < -0.39 is 0 Å². The van der Waals surface area contributed by atoms with E-state index in [2.05, 4.69) is 47.3 Å². The van der Waals surface area contributed by atoms with Crippen LogP contribution in [-0.2, 0) is 11.3 Å². The van der Waals surface area contributed by atoms with Crippen LogP contribution in [-0.4, -0.2) is 12.4 Å². The van der Waals surface area contributed by atoms with Crippen LogP contribution in [0.25, 0.3) is 10.4 Å². The summed E-state index contributed by atoms with van der Waals surface area (Å²) in [5.74, 6) is 0.894. The van der Waals surface area contributed by atoms with Gasteiger partial charge in [0.25, 0.3) is 0 Å². The van der Waals surface area contributed by atoms with Crippen molar-refractivity contribution >= 4 is 23.0 Å². The molecule has 3 aromatic carbocycles. The van der Waals surface area contributed by atoms with Gasteiger partial charge in [0.2, 0.25) is 0 Å². The highest BCUT2D eigenvalue weighted by molar-refractivity contribution is 7.99. The van der Waals surface area contributed by atoms with Crippen LogP contribution in [0.5, 0.6) is 0 Å². The van der Waals surface area contributed by atoms with Crippen molar-refractivity contribution < 1.29 is 4.74 Å². The molecule has 0 fully saturated rings. The Kier molecular flexibility index (Phi) is 7.29. The molecule has 0 atom stereocenters. The van der Waals surface area contributed by atoms with Gasteiger partial charge in [0.1, 0.15) is 0 Å². The standard InChI is InChI=1S/C24H21NOS/c1-25-23-12-8-9-20(17-23)18-26-19-22(21-10-4-2-5-11-21)15-16-27-24-13-6-3-7-14-24/h2-15,17H,16,18-19H2/b22-15+. The van der Waals surface area contributed by atoms with Crippen molar-refractivity contribution in [3.8, 4) is 0 Å². The van der Waals surface area contributed by atoms with Crippen LogP contribution in [0.4, 0.5) is 5.69 Å². The molecule has 0 aliphatic carbocycles. The summed E-state index contributed by atoms with van der Waals surface area (Å²) >= 11 is 1.81. The monoisotopic (exact) mass is 371 g/mol. The van der Waals surface area contributed by atoms with Crippen LogP contribution >= 0.6 is 11.8 Å². The zero-order valence-electron chi connectivity index (χ0n) is 15.0. The maximum Gasteiger partial charge on any atom is 0.187 e. The van der Waals surface area contributed by atoms with E-state index in [0.717, 1.165) is 11.3 Å². The van der Waals surface area contributed by atoms with E-state index in [-0.39, 0.29) is 0 Å². The number of nitrogens with zero attached hydrogens (tertiary/aromatic N) is 1. The molecule has 0 saturated carbocycles. The number of hydrogen-bond acceptors (Lipinski definition) is 2. The van der Waals surface area contributed by atoms with Crippen molar-refractivity contribution in [2.45, 2.75) is 11.5 Å². The molecule has 0 spiro atoms. The highest BCUT2D eigenvalue weighted by Gasteiger charge is 2.03. The molecule has 0 N–H and O–H groups in total. The largest absolute Gasteiger partial charge is 0.372 e. The van der Waals surface area contributed by atoms with Gasteiger partial charge < -0.3 is 4.74 Å². The van der Waals surface area contributed by atoms with Gasteiger partial charge in [-0.2, -0.15) is 0 Å². The SMILES string of the molecule is [C-]#[N+]c1cccc(COC/C(=C\CSc2ccccc2)c2ccccc2)c1. The van der Waals surface area contributed by atoms with Gasteiger partial charge in [0.15, 0.2) is 5.69 Å². The predicted molar refractivity (Wildman–Crippen MR) is 114 cm³/mol. The number of rotatable bonds is 8. The Balaban J connectivity index is 1.63. The Morgan fingerprint density at radius 2 is 1.67 bits per heavy atom. The molecule has 0 aromatic heterocycles. The van der Waals surface area contributed by atoms with Crippen molar-refractivity contribution in [1.29, 1.82) is 0 Å². The lowest BCUT2D eigenvalue weighted by atomic mass is 10.1. The summed E-state index contributed by atoms with van der Waals surface area (Å²) in [6, 6.07) is 28.3. The number of thioether (sulfide) groups is 1. The van der Waals surface area contributed by atoms with Crippen molar-refractivity contribution in [2.24, 2.45) is 0 Å². The Labute approximate surface area is 165 Å². The van der Waals surface area contributed by atoms with E-state index in [4.69, 9.17) is 11.3 Å². The lowest BCUT2D eigenvalue weighted by molar-refractivity contribution is 0.153. The molecule has 3 aromatic rings. The van der Waals surface area contributed by atoms with E-state index >= 15 is 0 Å². The molecule has 0 unspecified atom stereocenters. The molecule has 0 heterocycles. The summed E-state index contributed by atoms with van der Waals surface area (Å²) in [7, 11) is 0. The average molecular weight is 372 g/mol. The molecule has 0 aliphatic rings. The summed E-state index contributed by atoms with van der Waals surface area (Å²) in [5, 5.41) is 0.